The number of hydrogen-bond donors (Lipinski definition) is 2. The van der Waals surface area contributed by atoms with Gasteiger partial charge in [0.15, 0.2) is 11.6 Å². The van der Waals surface area contributed by atoms with Gasteiger partial charge in [0.2, 0.25) is 5.95 Å². The van der Waals surface area contributed by atoms with E-state index in [-0.39, 0.29) is 29.8 Å². The molecule has 0 saturated carbocycles. The Kier molecular flexibility index (Phi) is 8.34. The maximum absolute atomic E-state index is 15.0. The molecular formula is C29H36F2N8O. The van der Waals surface area contributed by atoms with Crippen molar-refractivity contribution in [3.8, 4) is 11.3 Å². The summed E-state index contributed by atoms with van der Waals surface area (Å²) in [5.74, 6) is 0.212. The quantitative estimate of drug-likeness (QED) is 0.310. The predicted octanol–water partition coefficient (Wildman–Crippen LogP) is 4.69. The van der Waals surface area contributed by atoms with Crippen molar-refractivity contribution in [3.63, 3.8) is 0 Å². The number of nitrogens with zero attached hydrogens (tertiary/aromatic N) is 7. The Morgan fingerprint density at radius 2 is 1.85 bits per heavy atom. The second-order valence-corrected chi connectivity index (χ2v) is 10.7. The third kappa shape index (κ3) is 5.96. The molecule has 1 aliphatic heterocycles. The SMILES string of the molecule is Cc1nc2c(F)cc(-c3nc(Nc4ccc(CN5CCC(N(C)CCO)CC5)cn4)ncc3F)cc2n1C(C)C. The maximum atomic E-state index is 15.0. The van der Waals surface area contributed by atoms with E-state index in [1.54, 1.807) is 6.07 Å². The van der Waals surface area contributed by atoms with Crippen LogP contribution in [0.3, 0.4) is 0 Å². The number of likely N-dealkylation sites (tertiary alicyclic amines) is 1. The minimum atomic E-state index is -0.647. The molecule has 4 heterocycles. The van der Waals surface area contributed by atoms with Crippen LogP contribution in [0.1, 0.15) is 44.1 Å². The zero-order valence-electron chi connectivity index (χ0n) is 23.4. The first-order valence-electron chi connectivity index (χ1n) is 13.7. The van der Waals surface area contributed by atoms with Crippen LogP contribution >= 0.6 is 0 Å². The van der Waals surface area contributed by atoms with Gasteiger partial charge in [-0.2, -0.15) is 0 Å². The van der Waals surface area contributed by atoms with Gasteiger partial charge in [0.1, 0.15) is 22.9 Å². The van der Waals surface area contributed by atoms with Crippen LogP contribution in [0, 0.1) is 18.6 Å². The molecule has 212 valence electrons. The minimum Gasteiger partial charge on any atom is -0.395 e. The van der Waals surface area contributed by atoms with Crippen LogP contribution in [0.2, 0.25) is 0 Å². The molecule has 0 unspecified atom stereocenters. The number of anilines is 2. The standard InChI is InChI=1S/C29H36F2N8O/c1-18(2)39-19(3)34-28-23(30)13-21(14-25(28)39)27-24(31)16-33-29(36-27)35-26-6-5-20(15-32-26)17-38-9-7-22(8-10-38)37(4)11-12-40/h5-6,13-16,18,22,40H,7-12,17H2,1-4H3,(H,32,33,35,36). The molecule has 1 fully saturated rings. The third-order valence-electron chi connectivity index (χ3n) is 7.56. The summed E-state index contributed by atoms with van der Waals surface area (Å²) in [6.07, 6.45) is 5.04. The van der Waals surface area contributed by atoms with Gasteiger partial charge in [-0.3, -0.25) is 4.90 Å². The molecule has 5 rings (SSSR count). The Morgan fingerprint density at radius 3 is 2.52 bits per heavy atom. The van der Waals surface area contributed by atoms with Crippen molar-refractivity contribution in [2.24, 2.45) is 0 Å². The summed E-state index contributed by atoms with van der Waals surface area (Å²) in [7, 11) is 2.07. The minimum absolute atomic E-state index is 0.00267. The number of nitrogens with one attached hydrogen (secondary N) is 1. The zero-order chi connectivity index (χ0) is 28.4. The molecule has 1 aliphatic rings. The Morgan fingerprint density at radius 1 is 1.07 bits per heavy atom. The summed E-state index contributed by atoms with van der Waals surface area (Å²) in [6, 6.07) is 7.39. The number of benzene rings is 1. The van der Waals surface area contributed by atoms with E-state index in [0.717, 1.165) is 44.2 Å². The highest BCUT2D eigenvalue weighted by atomic mass is 19.1. The third-order valence-corrected chi connectivity index (χ3v) is 7.56. The van der Waals surface area contributed by atoms with E-state index >= 15 is 0 Å². The van der Waals surface area contributed by atoms with Crippen molar-refractivity contribution < 1.29 is 13.9 Å². The van der Waals surface area contributed by atoms with Gasteiger partial charge in [-0.25, -0.2) is 28.7 Å². The second-order valence-electron chi connectivity index (χ2n) is 10.7. The average molecular weight is 551 g/mol. The number of hydrogen-bond acceptors (Lipinski definition) is 8. The van der Waals surface area contributed by atoms with Crippen molar-refractivity contribution >= 4 is 22.8 Å². The predicted molar refractivity (Wildman–Crippen MR) is 151 cm³/mol. The molecule has 1 aromatic carbocycles. The van der Waals surface area contributed by atoms with Crippen LogP contribution in [0.25, 0.3) is 22.3 Å². The van der Waals surface area contributed by atoms with Gasteiger partial charge >= 0.3 is 0 Å². The molecule has 11 heteroatoms. The number of rotatable bonds is 9. The number of aliphatic hydroxyl groups is 1. The summed E-state index contributed by atoms with van der Waals surface area (Å²) >= 11 is 0. The van der Waals surface area contributed by atoms with E-state index in [9.17, 15) is 13.9 Å². The number of aromatic nitrogens is 5. The smallest absolute Gasteiger partial charge is 0.229 e. The van der Waals surface area contributed by atoms with Gasteiger partial charge in [0.05, 0.1) is 18.3 Å². The molecule has 40 heavy (non-hydrogen) atoms. The molecule has 0 spiro atoms. The molecular weight excluding hydrogens is 514 g/mol. The van der Waals surface area contributed by atoms with Crippen molar-refractivity contribution in [2.45, 2.75) is 52.2 Å². The van der Waals surface area contributed by atoms with E-state index in [4.69, 9.17) is 0 Å². The van der Waals surface area contributed by atoms with E-state index < -0.39 is 11.6 Å². The normalized spacial score (nSPS) is 15.0. The van der Waals surface area contributed by atoms with Crippen molar-refractivity contribution in [1.82, 2.24) is 34.3 Å². The molecule has 0 bridgehead atoms. The number of likely N-dealkylation sites (N-methyl/N-ethyl adjacent to an activating group) is 1. The van der Waals surface area contributed by atoms with Crippen molar-refractivity contribution in [1.29, 1.82) is 0 Å². The first-order chi connectivity index (χ1) is 19.2. The lowest BCUT2D eigenvalue weighted by Crippen LogP contribution is -2.43. The number of imidazole rings is 1. The van der Waals surface area contributed by atoms with E-state index in [0.29, 0.717) is 35.3 Å². The highest BCUT2D eigenvalue weighted by Gasteiger charge is 2.22. The number of aliphatic hydroxyl groups excluding tert-OH is 1. The summed E-state index contributed by atoms with van der Waals surface area (Å²) in [5, 5.41) is 12.2. The molecule has 0 atom stereocenters. The average Bonchev–Trinajstić information content (AvgIpc) is 3.28. The largest absolute Gasteiger partial charge is 0.395 e. The summed E-state index contributed by atoms with van der Waals surface area (Å²) in [4.78, 5) is 21.9. The first-order valence-corrected chi connectivity index (χ1v) is 13.7. The van der Waals surface area contributed by atoms with Gasteiger partial charge in [0.25, 0.3) is 0 Å². The molecule has 2 N–H and O–H groups in total. The molecule has 1 saturated heterocycles. The van der Waals surface area contributed by atoms with Gasteiger partial charge in [0, 0.05) is 36.9 Å². The van der Waals surface area contributed by atoms with E-state index in [2.05, 4.69) is 42.1 Å². The van der Waals surface area contributed by atoms with Crippen LogP contribution in [0.15, 0.2) is 36.7 Å². The lowest BCUT2D eigenvalue weighted by Gasteiger charge is -2.36. The fourth-order valence-electron chi connectivity index (χ4n) is 5.51. The lowest BCUT2D eigenvalue weighted by molar-refractivity contribution is 0.108. The molecule has 0 radical (unpaired) electrons. The Labute approximate surface area is 232 Å². The van der Waals surface area contributed by atoms with Crippen molar-refractivity contribution in [3.05, 3.63) is 59.7 Å². The van der Waals surface area contributed by atoms with Crippen LogP contribution < -0.4 is 5.32 Å². The van der Waals surface area contributed by atoms with Crippen LogP contribution in [0.5, 0.6) is 0 Å². The van der Waals surface area contributed by atoms with Gasteiger partial charge < -0.3 is 19.9 Å². The van der Waals surface area contributed by atoms with Crippen LogP contribution in [-0.2, 0) is 6.54 Å². The molecule has 0 amide bonds. The zero-order valence-corrected chi connectivity index (χ0v) is 23.4. The fourth-order valence-corrected chi connectivity index (χ4v) is 5.51. The summed E-state index contributed by atoms with van der Waals surface area (Å²) < 4.78 is 31.7. The number of halogens is 2. The first kappa shape index (κ1) is 28.0. The Hall–Kier alpha value is -3.54. The molecule has 3 aromatic heterocycles. The van der Waals surface area contributed by atoms with Crippen LogP contribution in [-0.4, -0.2) is 78.7 Å². The highest BCUT2D eigenvalue weighted by Crippen LogP contribution is 2.30. The maximum Gasteiger partial charge on any atom is 0.229 e. The van der Waals surface area contributed by atoms with Gasteiger partial charge in [-0.05, 0) is 77.5 Å². The molecule has 9 nitrogen and oxygen atoms in total. The van der Waals surface area contributed by atoms with Crippen molar-refractivity contribution in [2.75, 3.05) is 38.6 Å². The molecule has 0 aliphatic carbocycles. The summed E-state index contributed by atoms with van der Waals surface area (Å²) in [6.45, 7) is 9.50. The lowest BCUT2D eigenvalue weighted by atomic mass is 10.0. The van der Waals surface area contributed by atoms with E-state index in [1.807, 2.05) is 43.7 Å². The second kappa shape index (κ2) is 11.9. The molecule has 4 aromatic rings. The van der Waals surface area contributed by atoms with E-state index in [1.165, 1.54) is 6.07 Å². The monoisotopic (exact) mass is 550 g/mol. The van der Waals surface area contributed by atoms with Gasteiger partial charge in [-0.15, -0.1) is 0 Å². The Bertz CT molecular complexity index is 1470. The number of pyridine rings is 1. The summed E-state index contributed by atoms with van der Waals surface area (Å²) in [5.41, 5.74) is 2.25. The number of piperidine rings is 1. The topological polar surface area (TPSA) is 95.2 Å². The highest BCUT2D eigenvalue weighted by molar-refractivity contribution is 5.83. The number of aryl methyl sites for hydroxylation is 1. The Balaban J connectivity index is 1.28. The van der Waals surface area contributed by atoms with Gasteiger partial charge in [-0.1, -0.05) is 6.07 Å². The van der Waals surface area contributed by atoms with Crippen LogP contribution in [0.4, 0.5) is 20.5 Å². The fraction of sp³-hybridized carbons (Fsp3) is 0.448. The number of fused-ring (bicyclic) bond motifs is 1.